The lowest BCUT2D eigenvalue weighted by Crippen LogP contribution is -2.28. The van der Waals surface area contributed by atoms with Crippen LogP contribution in [-0.2, 0) is 11.3 Å². The monoisotopic (exact) mass is 403 g/mol. The second-order valence-corrected chi connectivity index (χ2v) is 6.80. The van der Waals surface area contributed by atoms with Gasteiger partial charge in [0.15, 0.2) is 17.1 Å². The van der Waals surface area contributed by atoms with Crippen molar-refractivity contribution in [3.05, 3.63) is 70.9 Å². The molecule has 2 aromatic heterocycles. The lowest BCUT2D eigenvalue weighted by Gasteiger charge is -2.05. The Morgan fingerprint density at radius 2 is 1.90 bits per heavy atom. The number of carbonyl (C=O) groups excluding carboxylic acids is 1. The molecule has 0 aliphatic carbocycles. The smallest absolute Gasteiger partial charge is 0.352 e. The molecule has 0 saturated carbocycles. The number of anilines is 1. The predicted octanol–water partition coefficient (Wildman–Crippen LogP) is 2.23. The Balaban J connectivity index is 1.41. The summed E-state index contributed by atoms with van der Waals surface area (Å²) in [5.74, 6) is 1.31. The van der Waals surface area contributed by atoms with Crippen LogP contribution in [0.1, 0.15) is 5.82 Å². The van der Waals surface area contributed by atoms with E-state index in [2.05, 4.69) is 15.4 Å². The van der Waals surface area contributed by atoms with Crippen molar-refractivity contribution in [3.8, 4) is 22.8 Å². The van der Waals surface area contributed by atoms with Crippen molar-refractivity contribution >= 4 is 17.2 Å². The number of amides is 1. The molecule has 2 aromatic carbocycles. The van der Waals surface area contributed by atoms with Gasteiger partial charge < -0.3 is 14.8 Å². The molecule has 0 atom stereocenters. The fraction of sp³-hybridized carbons (Fsp3) is 0.143. The fourth-order valence-corrected chi connectivity index (χ4v) is 3.37. The minimum atomic E-state index is -0.421. The molecular formula is C21H17N5O4. The van der Waals surface area contributed by atoms with Crippen LogP contribution in [0.5, 0.6) is 11.5 Å². The normalized spacial score (nSPS) is 12.3. The second-order valence-electron chi connectivity index (χ2n) is 6.80. The van der Waals surface area contributed by atoms with Gasteiger partial charge in [-0.25, -0.2) is 18.9 Å². The molecule has 9 heteroatoms. The van der Waals surface area contributed by atoms with Crippen molar-refractivity contribution in [2.24, 2.45) is 0 Å². The summed E-state index contributed by atoms with van der Waals surface area (Å²) < 4.78 is 13.1. The topological polar surface area (TPSA) is 99.8 Å². The molecule has 4 aromatic rings. The highest BCUT2D eigenvalue weighted by atomic mass is 16.7. The van der Waals surface area contributed by atoms with Gasteiger partial charge in [-0.05, 0) is 19.1 Å². The zero-order valence-corrected chi connectivity index (χ0v) is 16.0. The van der Waals surface area contributed by atoms with Gasteiger partial charge in [-0.1, -0.05) is 30.3 Å². The van der Waals surface area contributed by atoms with Gasteiger partial charge in [0.05, 0.1) is 5.69 Å². The number of benzene rings is 2. The quantitative estimate of drug-likeness (QED) is 0.561. The van der Waals surface area contributed by atoms with E-state index in [1.54, 1.807) is 31.2 Å². The van der Waals surface area contributed by atoms with Crippen LogP contribution in [0.2, 0.25) is 0 Å². The van der Waals surface area contributed by atoms with Crippen LogP contribution in [0.15, 0.2) is 59.4 Å². The highest BCUT2D eigenvalue weighted by Crippen LogP contribution is 2.34. The first-order chi connectivity index (χ1) is 14.6. The molecule has 5 rings (SSSR count). The molecule has 30 heavy (non-hydrogen) atoms. The van der Waals surface area contributed by atoms with Crippen LogP contribution in [0.25, 0.3) is 16.9 Å². The molecule has 0 radical (unpaired) electrons. The summed E-state index contributed by atoms with van der Waals surface area (Å²) in [5, 5.41) is 7.06. The number of aromatic nitrogens is 4. The van der Waals surface area contributed by atoms with Crippen LogP contribution in [-0.4, -0.2) is 31.9 Å². The molecule has 1 aliphatic heterocycles. The summed E-state index contributed by atoms with van der Waals surface area (Å²) in [7, 11) is 0. The zero-order valence-electron chi connectivity index (χ0n) is 16.0. The molecule has 1 amide bonds. The molecule has 0 bridgehead atoms. The van der Waals surface area contributed by atoms with E-state index in [0.717, 1.165) is 10.2 Å². The number of nitrogens with zero attached hydrogens (tertiary/aromatic N) is 4. The fourth-order valence-electron chi connectivity index (χ4n) is 3.37. The first-order valence-electron chi connectivity index (χ1n) is 9.30. The van der Waals surface area contributed by atoms with E-state index in [4.69, 9.17) is 9.47 Å². The molecule has 1 N–H and O–H groups in total. The van der Waals surface area contributed by atoms with Crippen molar-refractivity contribution < 1.29 is 14.3 Å². The zero-order chi connectivity index (χ0) is 20.7. The van der Waals surface area contributed by atoms with Gasteiger partial charge >= 0.3 is 5.69 Å². The summed E-state index contributed by atoms with van der Waals surface area (Å²) in [5.41, 5.74) is 2.19. The highest BCUT2D eigenvalue weighted by molar-refractivity contribution is 5.90. The van der Waals surface area contributed by atoms with Crippen molar-refractivity contribution in [2.45, 2.75) is 13.5 Å². The van der Waals surface area contributed by atoms with E-state index in [0.29, 0.717) is 34.4 Å². The summed E-state index contributed by atoms with van der Waals surface area (Å²) in [6.07, 6.45) is 0. The lowest BCUT2D eigenvalue weighted by molar-refractivity contribution is -0.117. The maximum Gasteiger partial charge on any atom is 0.352 e. The molecule has 0 saturated heterocycles. The molecule has 0 unspecified atom stereocenters. The minimum absolute atomic E-state index is 0.154. The maximum absolute atomic E-state index is 12.7. The van der Waals surface area contributed by atoms with E-state index >= 15 is 0 Å². The van der Waals surface area contributed by atoms with E-state index in [1.807, 2.05) is 30.3 Å². The van der Waals surface area contributed by atoms with Gasteiger partial charge in [0.2, 0.25) is 12.7 Å². The Bertz CT molecular complexity index is 1330. The Morgan fingerprint density at radius 3 is 2.73 bits per heavy atom. The van der Waals surface area contributed by atoms with Crippen LogP contribution in [0.4, 0.5) is 5.69 Å². The maximum atomic E-state index is 12.7. The van der Waals surface area contributed by atoms with Gasteiger partial charge in [-0.15, -0.1) is 5.10 Å². The van der Waals surface area contributed by atoms with E-state index in [1.165, 1.54) is 4.40 Å². The minimum Gasteiger partial charge on any atom is -0.454 e. The highest BCUT2D eigenvalue weighted by Gasteiger charge is 2.17. The average Bonchev–Trinajstić information content (AvgIpc) is 3.33. The van der Waals surface area contributed by atoms with Crippen LogP contribution < -0.4 is 20.5 Å². The number of aryl methyl sites for hydroxylation is 1. The van der Waals surface area contributed by atoms with Gasteiger partial charge in [-0.2, -0.15) is 0 Å². The van der Waals surface area contributed by atoms with Crippen LogP contribution in [0.3, 0.4) is 0 Å². The summed E-state index contributed by atoms with van der Waals surface area (Å²) in [4.78, 5) is 29.7. The third-order valence-corrected chi connectivity index (χ3v) is 4.76. The molecule has 150 valence electrons. The average molecular weight is 403 g/mol. The van der Waals surface area contributed by atoms with Gasteiger partial charge in [0.1, 0.15) is 12.4 Å². The van der Waals surface area contributed by atoms with Crippen LogP contribution >= 0.6 is 0 Å². The number of hydrogen-bond donors (Lipinski definition) is 1. The largest absolute Gasteiger partial charge is 0.454 e. The number of hydrogen-bond acceptors (Lipinski definition) is 6. The van der Waals surface area contributed by atoms with Crippen molar-refractivity contribution in [2.75, 3.05) is 12.1 Å². The summed E-state index contributed by atoms with van der Waals surface area (Å²) in [6, 6.07) is 16.5. The molecule has 1 aliphatic rings. The summed E-state index contributed by atoms with van der Waals surface area (Å²) in [6.45, 7) is 1.66. The second kappa shape index (κ2) is 7.03. The van der Waals surface area contributed by atoms with E-state index in [-0.39, 0.29) is 19.2 Å². The number of rotatable bonds is 4. The molecule has 3 heterocycles. The van der Waals surface area contributed by atoms with Crippen molar-refractivity contribution in [1.82, 2.24) is 19.2 Å². The third-order valence-electron chi connectivity index (χ3n) is 4.76. The van der Waals surface area contributed by atoms with Crippen LogP contribution in [0, 0.1) is 6.92 Å². The Kier molecular flexibility index (Phi) is 4.20. The number of nitrogens with one attached hydrogen (secondary N) is 1. The third kappa shape index (κ3) is 3.16. The molecule has 0 spiro atoms. The standard InChI is InChI=1S/C21H17N5O4/c1-13-22-16(14-5-3-2-4-6-14)10-19-24-25(21(28)26(13)19)11-20(27)23-15-7-8-17-18(9-15)30-12-29-17/h2-10H,11-12H2,1H3,(H,23,27). The van der Waals surface area contributed by atoms with E-state index < -0.39 is 5.69 Å². The lowest BCUT2D eigenvalue weighted by atomic mass is 10.1. The first-order valence-corrected chi connectivity index (χ1v) is 9.30. The Morgan fingerprint density at radius 1 is 1.10 bits per heavy atom. The van der Waals surface area contributed by atoms with Gasteiger partial charge in [0, 0.05) is 23.4 Å². The molecule has 9 nitrogen and oxygen atoms in total. The number of carbonyl (C=O) groups is 1. The first kappa shape index (κ1) is 17.9. The SMILES string of the molecule is Cc1nc(-c2ccccc2)cc2nn(CC(=O)Nc3ccc4c(c3)OCO4)c(=O)n12. The van der Waals surface area contributed by atoms with Gasteiger partial charge in [-0.3, -0.25) is 4.79 Å². The summed E-state index contributed by atoms with van der Waals surface area (Å²) >= 11 is 0. The predicted molar refractivity (Wildman–Crippen MR) is 109 cm³/mol. The Labute approximate surface area is 170 Å². The van der Waals surface area contributed by atoms with E-state index in [9.17, 15) is 9.59 Å². The molecular weight excluding hydrogens is 386 g/mol. The number of fused-ring (bicyclic) bond motifs is 2. The van der Waals surface area contributed by atoms with Crippen molar-refractivity contribution in [1.29, 1.82) is 0 Å². The van der Waals surface area contributed by atoms with Crippen molar-refractivity contribution in [3.63, 3.8) is 0 Å². The number of ether oxygens (including phenoxy) is 2. The Hall–Kier alpha value is -4.14. The van der Waals surface area contributed by atoms with Gasteiger partial charge in [0.25, 0.3) is 0 Å². The molecule has 0 fully saturated rings.